The van der Waals surface area contributed by atoms with Gasteiger partial charge in [-0.1, -0.05) is 16.8 Å². The van der Waals surface area contributed by atoms with Crippen molar-refractivity contribution >= 4 is 50.9 Å². The Morgan fingerprint density at radius 2 is 1.97 bits per heavy atom. The fourth-order valence-electron chi connectivity index (χ4n) is 4.84. The van der Waals surface area contributed by atoms with Crippen molar-refractivity contribution in [1.82, 2.24) is 19.9 Å². The number of aliphatic imine (C=N–C) groups is 1. The summed E-state index contributed by atoms with van der Waals surface area (Å²) in [6.45, 7) is 5.83. The molecular weight excluding hydrogens is 466 g/mol. The van der Waals surface area contributed by atoms with Gasteiger partial charge in [0.1, 0.15) is 29.3 Å². The molecule has 35 heavy (non-hydrogen) atoms. The molecule has 178 valence electrons. The van der Waals surface area contributed by atoms with E-state index in [0.717, 1.165) is 61.5 Å². The van der Waals surface area contributed by atoms with Crippen molar-refractivity contribution in [1.29, 1.82) is 0 Å². The maximum Gasteiger partial charge on any atom is 0.161 e. The summed E-state index contributed by atoms with van der Waals surface area (Å²) in [7, 11) is 3.58. The zero-order chi connectivity index (χ0) is 24.4. The predicted molar refractivity (Wildman–Crippen MR) is 139 cm³/mol. The highest BCUT2D eigenvalue weighted by Gasteiger charge is 2.27. The van der Waals surface area contributed by atoms with Gasteiger partial charge in [-0.15, -0.1) is 0 Å². The molecule has 1 aliphatic rings. The Morgan fingerprint density at radius 3 is 2.71 bits per heavy atom. The minimum Gasteiger partial charge on any atom is -0.496 e. The minimum atomic E-state index is -0.138. The van der Waals surface area contributed by atoms with Crippen molar-refractivity contribution in [3.8, 4) is 16.9 Å². The minimum absolute atomic E-state index is 0.138. The van der Waals surface area contributed by atoms with Crippen LogP contribution in [0.25, 0.3) is 32.9 Å². The Morgan fingerprint density at radius 1 is 1.14 bits per heavy atom. The molecule has 5 aromatic rings. The van der Waals surface area contributed by atoms with Crippen molar-refractivity contribution in [2.45, 2.75) is 26.9 Å². The van der Waals surface area contributed by atoms with E-state index in [1.807, 2.05) is 56.8 Å². The number of anilines is 2. The molecule has 0 radical (unpaired) electrons. The van der Waals surface area contributed by atoms with Crippen LogP contribution >= 0.6 is 11.6 Å². The Balaban J connectivity index is 1.52. The summed E-state index contributed by atoms with van der Waals surface area (Å²) < 4.78 is 13.0. The fraction of sp³-hybridized carbons (Fsp3) is 0.240. The summed E-state index contributed by atoms with van der Waals surface area (Å²) >= 11 is 6.29. The summed E-state index contributed by atoms with van der Waals surface area (Å²) in [6, 6.07) is 9.82. The second-order valence-corrected chi connectivity index (χ2v) is 9.17. The molecule has 0 amide bonds. The monoisotopic (exact) mass is 489 g/mol. The Labute approximate surface area is 206 Å². The van der Waals surface area contributed by atoms with Crippen LogP contribution in [0.3, 0.4) is 0 Å². The highest BCUT2D eigenvalue weighted by molar-refractivity contribution is 6.31. The third-order valence-corrected chi connectivity index (χ3v) is 6.62. The van der Waals surface area contributed by atoms with Crippen molar-refractivity contribution in [3.63, 3.8) is 0 Å². The fourth-order valence-corrected chi connectivity index (χ4v) is 5.02. The number of methoxy groups -OCH3 is 1. The molecule has 1 atom stereocenters. The van der Waals surface area contributed by atoms with Crippen molar-refractivity contribution in [2.75, 3.05) is 17.7 Å². The van der Waals surface area contributed by atoms with Crippen LogP contribution in [-0.4, -0.2) is 39.0 Å². The number of hydrogen-bond donors (Lipinski definition) is 3. The topological polar surface area (TPSA) is 105 Å². The summed E-state index contributed by atoms with van der Waals surface area (Å²) in [5.41, 5.74) is 5.50. The van der Waals surface area contributed by atoms with Crippen molar-refractivity contribution in [2.24, 2.45) is 12.0 Å². The number of fused-ring (bicyclic) bond motifs is 4. The van der Waals surface area contributed by atoms with Crippen molar-refractivity contribution in [3.05, 3.63) is 52.4 Å². The number of aromatic nitrogens is 4. The average molecular weight is 490 g/mol. The van der Waals surface area contributed by atoms with Crippen LogP contribution in [0.2, 0.25) is 5.02 Å². The predicted octanol–water partition coefficient (Wildman–Crippen LogP) is 5.62. The molecule has 0 bridgehead atoms. The number of nitrogens with zero attached hydrogens (tertiary/aromatic N) is 4. The second-order valence-electron chi connectivity index (χ2n) is 8.73. The van der Waals surface area contributed by atoms with Gasteiger partial charge in [-0.25, -0.2) is 4.99 Å². The van der Waals surface area contributed by atoms with E-state index in [-0.39, 0.29) is 6.17 Å². The maximum absolute atomic E-state index is 6.29. The van der Waals surface area contributed by atoms with E-state index in [2.05, 4.69) is 31.9 Å². The molecule has 0 aliphatic carbocycles. The zero-order valence-electron chi connectivity index (χ0n) is 19.9. The van der Waals surface area contributed by atoms with Gasteiger partial charge in [-0.05, 0) is 51.1 Å². The molecule has 3 N–H and O–H groups in total. The van der Waals surface area contributed by atoms with Crippen LogP contribution in [0.1, 0.15) is 23.9 Å². The number of nitrogens with one attached hydrogen (secondary N) is 3. The number of ether oxygens (including phenoxy) is 1. The van der Waals surface area contributed by atoms with Gasteiger partial charge in [-0.3, -0.25) is 4.68 Å². The SMILES string of the molecule is COc1cc2c3c([nH]c2cc1-c1c(C)noc1C)NC(C)N=C3Nc1nn(C)c2ccc(Cl)cc12. The Hall–Kier alpha value is -3.98. The number of halogens is 1. The van der Waals surface area contributed by atoms with Gasteiger partial charge < -0.3 is 24.9 Å². The van der Waals surface area contributed by atoms with Crippen LogP contribution in [-0.2, 0) is 7.05 Å². The molecule has 2 aromatic carbocycles. The highest BCUT2D eigenvalue weighted by Crippen LogP contribution is 2.41. The normalized spacial score (nSPS) is 15.3. The quantitative estimate of drug-likeness (QED) is 0.304. The van der Waals surface area contributed by atoms with E-state index in [1.165, 1.54) is 0 Å². The Kier molecular flexibility index (Phi) is 4.79. The lowest BCUT2D eigenvalue weighted by atomic mass is 10.00. The van der Waals surface area contributed by atoms with Gasteiger partial charge >= 0.3 is 0 Å². The molecule has 0 saturated heterocycles. The third-order valence-electron chi connectivity index (χ3n) is 6.38. The smallest absolute Gasteiger partial charge is 0.161 e. The van der Waals surface area contributed by atoms with E-state index >= 15 is 0 Å². The first kappa shape index (κ1) is 21.5. The van der Waals surface area contributed by atoms with Crippen LogP contribution < -0.4 is 15.4 Å². The van der Waals surface area contributed by atoms with Gasteiger partial charge in [-0.2, -0.15) is 5.10 Å². The molecule has 4 heterocycles. The molecule has 0 fully saturated rings. The van der Waals surface area contributed by atoms with E-state index in [4.69, 9.17) is 25.9 Å². The Bertz CT molecular complexity index is 1640. The summed E-state index contributed by atoms with van der Waals surface area (Å²) in [5.74, 6) is 3.75. The summed E-state index contributed by atoms with van der Waals surface area (Å²) in [5, 5.41) is 18.2. The van der Waals surface area contributed by atoms with Crippen LogP contribution in [0, 0.1) is 13.8 Å². The lowest BCUT2D eigenvalue weighted by molar-refractivity contribution is 0.393. The van der Waals surface area contributed by atoms with Gasteiger partial charge in [0.2, 0.25) is 0 Å². The van der Waals surface area contributed by atoms with Gasteiger partial charge in [0.25, 0.3) is 0 Å². The summed E-state index contributed by atoms with van der Waals surface area (Å²) in [4.78, 5) is 8.38. The zero-order valence-corrected chi connectivity index (χ0v) is 20.7. The van der Waals surface area contributed by atoms with Crippen LogP contribution in [0.5, 0.6) is 5.75 Å². The van der Waals surface area contributed by atoms with Gasteiger partial charge in [0.05, 0.1) is 29.4 Å². The molecule has 10 heteroatoms. The number of hydrogen-bond acceptors (Lipinski definition) is 7. The number of H-pyrrole nitrogens is 1. The lowest BCUT2D eigenvalue weighted by Crippen LogP contribution is -2.27. The number of aryl methyl sites for hydroxylation is 3. The lowest BCUT2D eigenvalue weighted by Gasteiger charge is -2.21. The number of aromatic amines is 1. The number of amidine groups is 1. The first-order valence-electron chi connectivity index (χ1n) is 11.2. The first-order chi connectivity index (χ1) is 16.8. The molecule has 0 spiro atoms. The van der Waals surface area contributed by atoms with Crippen LogP contribution in [0.4, 0.5) is 11.6 Å². The maximum atomic E-state index is 6.29. The molecule has 6 rings (SSSR count). The molecule has 1 aliphatic heterocycles. The number of rotatable bonds is 3. The van der Waals surface area contributed by atoms with E-state index in [9.17, 15) is 0 Å². The summed E-state index contributed by atoms with van der Waals surface area (Å²) in [6.07, 6.45) is -0.138. The molecule has 1 unspecified atom stereocenters. The van der Waals surface area contributed by atoms with Crippen molar-refractivity contribution < 1.29 is 9.26 Å². The van der Waals surface area contributed by atoms with E-state index in [1.54, 1.807) is 7.11 Å². The largest absolute Gasteiger partial charge is 0.496 e. The van der Waals surface area contributed by atoms with E-state index in [0.29, 0.717) is 16.7 Å². The first-order valence-corrected chi connectivity index (χ1v) is 11.6. The molecule has 9 nitrogen and oxygen atoms in total. The molecular formula is C25H24ClN7O2. The van der Waals surface area contributed by atoms with Gasteiger partial charge in [0.15, 0.2) is 5.82 Å². The average Bonchev–Trinajstić information content (AvgIpc) is 3.44. The molecule has 3 aromatic heterocycles. The molecule has 0 saturated carbocycles. The second kappa shape index (κ2) is 7.78. The van der Waals surface area contributed by atoms with E-state index < -0.39 is 0 Å². The third kappa shape index (κ3) is 3.34. The van der Waals surface area contributed by atoms with Crippen LogP contribution in [0.15, 0.2) is 39.8 Å². The van der Waals surface area contributed by atoms with Gasteiger partial charge in [0, 0.05) is 33.9 Å². The standard InChI is InChI=1S/C25H24ClN7O2/c1-11-21(12(2)35-32-11)17-9-18-15(10-20(17)34-5)22-24(29-18)27-13(3)28-25(22)30-23-16-8-14(26)6-7-19(16)33(4)31-23/h6-10,13,27,29H,1-5H3,(H,28,30,31). The number of benzene rings is 2. The highest BCUT2D eigenvalue weighted by atomic mass is 35.5.